The van der Waals surface area contributed by atoms with Crippen molar-refractivity contribution in [2.75, 3.05) is 56.2 Å². The number of hydrogen-bond donors (Lipinski definition) is 0. The molecule has 2 aromatic carbocycles. The van der Waals surface area contributed by atoms with Gasteiger partial charge in [0.1, 0.15) is 5.75 Å². The summed E-state index contributed by atoms with van der Waals surface area (Å²) in [5.41, 5.74) is 2.89. The Hall–Kier alpha value is -2.80. The number of anilines is 2. The molecule has 2 saturated heterocycles. The van der Waals surface area contributed by atoms with Gasteiger partial charge in [0.2, 0.25) is 0 Å². The van der Waals surface area contributed by atoms with E-state index in [9.17, 15) is 4.79 Å². The maximum absolute atomic E-state index is 13.2. The molecule has 0 atom stereocenters. The topological polar surface area (TPSA) is 48.9 Å². The molecule has 0 radical (unpaired) electrons. The van der Waals surface area contributed by atoms with E-state index in [-0.39, 0.29) is 5.91 Å². The molecule has 2 aliphatic rings. The quantitative estimate of drug-likeness (QED) is 0.586. The molecule has 0 bridgehead atoms. The number of thiazole rings is 1. The number of benzene rings is 2. The Bertz CT molecular complexity index is 1100. The van der Waals surface area contributed by atoms with Gasteiger partial charge in [-0.15, -0.1) is 0 Å². The summed E-state index contributed by atoms with van der Waals surface area (Å²) in [4.78, 5) is 24.7. The smallest absolute Gasteiger partial charge is 0.254 e. The van der Waals surface area contributed by atoms with Crippen LogP contribution in [0.15, 0.2) is 42.5 Å². The zero-order valence-electron chi connectivity index (χ0n) is 18.8. The SMILES string of the molecule is COc1cccc(N2CCN(C(=O)c3ccc4nc(N5CCC(C)CC5)sc4c3)CC2)c1. The van der Waals surface area contributed by atoms with E-state index in [0.717, 1.165) is 64.4 Å². The fraction of sp³-hybridized carbons (Fsp3) is 0.440. The molecule has 0 N–H and O–H groups in total. The first-order valence-corrected chi connectivity index (χ1v) is 12.3. The van der Waals surface area contributed by atoms with Crippen molar-refractivity contribution in [1.82, 2.24) is 9.88 Å². The molecule has 3 heterocycles. The van der Waals surface area contributed by atoms with Crippen LogP contribution >= 0.6 is 11.3 Å². The van der Waals surface area contributed by atoms with E-state index in [4.69, 9.17) is 9.72 Å². The lowest BCUT2D eigenvalue weighted by atomic mass is 10.00. The van der Waals surface area contributed by atoms with Crippen molar-refractivity contribution >= 4 is 38.3 Å². The largest absolute Gasteiger partial charge is 0.497 e. The molecule has 0 saturated carbocycles. The van der Waals surface area contributed by atoms with Gasteiger partial charge in [-0.1, -0.05) is 24.3 Å². The molecule has 6 nitrogen and oxygen atoms in total. The average Bonchev–Trinajstić information content (AvgIpc) is 3.27. The van der Waals surface area contributed by atoms with E-state index in [1.54, 1.807) is 18.4 Å². The minimum absolute atomic E-state index is 0.110. The van der Waals surface area contributed by atoms with E-state index in [2.05, 4.69) is 28.9 Å². The van der Waals surface area contributed by atoms with Crippen LogP contribution < -0.4 is 14.5 Å². The first-order chi connectivity index (χ1) is 15.6. The fourth-order valence-electron chi connectivity index (χ4n) is 4.54. The van der Waals surface area contributed by atoms with Crippen LogP contribution in [0.1, 0.15) is 30.1 Å². The summed E-state index contributed by atoms with van der Waals surface area (Å²) < 4.78 is 6.44. The molecule has 5 rings (SSSR count). The van der Waals surface area contributed by atoms with Gasteiger partial charge in [-0.05, 0) is 49.1 Å². The summed E-state index contributed by atoms with van der Waals surface area (Å²) in [5.74, 6) is 1.77. The Morgan fingerprint density at radius 2 is 1.78 bits per heavy atom. The molecule has 0 spiro atoms. The lowest BCUT2D eigenvalue weighted by molar-refractivity contribution is 0.0747. The van der Waals surface area contributed by atoms with Gasteiger partial charge in [0.15, 0.2) is 5.13 Å². The second kappa shape index (κ2) is 8.98. The Morgan fingerprint density at radius 1 is 1.00 bits per heavy atom. The van der Waals surface area contributed by atoms with Gasteiger partial charge < -0.3 is 19.4 Å². The van der Waals surface area contributed by atoms with Crippen LogP contribution in [-0.4, -0.2) is 62.2 Å². The molecule has 32 heavy (non-hydrogen) atoms. The van der Waals surface area contributed by atoms with Crippen molar-refractivity contribution in [1.29, 1.82) is 0 Å². The number of nitrogens with zero attached hydrogens (tertiary/aromatic N) is 4. The zero-order chi connectivity index (χ0) is 22.1. The zero-order valence-corrected chi connectivity index (χ0v) is 19.6. The number of carbonyl (C=O) groups excluding carboxylic acids is 1. The van der Waals surface area contributed by atoms with E-state index in [1.165, 1.54) is 12.8 Å². The van der Waals surface area contributed by atoms with Crippen LogP contribution in [0.3, 0.4) is 0 Å². The molecule has 7 heteroatoms. The standard InChI is InChI=1S/C25H30N4O2S/c1-18-8-10-29(11-9-18)25-26-22-7-6-19(16-23(22)32-25)24(30)28-14-12-27(13-15-28)20-4-3-5-21(17-20)31-2/h3-7,16-18H,8-15H2,1-2H3. The number of rotatable bonds is 4. The lowest BCUT2D eigenvalue weighted by Crippen LogP contribution is -2.48. The monoisotopic (exact) mass is 450 g/mol. The van der Waals surface area contributed by atoms with Gasteiger partial charge in [-0.2, -0.15) is 0 Å². The van der Waals surface area contributed by atoms with Crippen LogP contribution in [0.5, 0.6) is 5.75 Å². The fourth-order valence-corrected chi connectivity index (χ4v) is 5.59. The van der Waals surface area contributed by atoms with Crippen LogP contribution in [-0.2, 0) is 0 Å². The maximum atomic E-state index is 13.2. The molecule has 1 amide bonds. The van der Waals surface area contributed by atoms with Gasteiger partial charge in [-0.25, -0.2) is 4.98 Å². The first-order valence-electron chi connectivity index (χ1n) is 11.4. The van der Waals surface area contributed by atoms with Gasteiger partial charge in [0.05, 0.1) is 17.3 Å². The molecule has 1 aromatic heterocycles. The van der Waals surface area contributed by atoms with Crippen LogP contribution in [0.25, 0.3) is 10.2 Å². The Morgan fingerprint density at radius 3 is 2.53 bits per heavy atom. The Labute approximate surface area is 193 Å². The number of piperazine rings is 1. The third-order valence-electron chi connectivity index (χ3n) is 6.66. The van der Waals surface area contributed by atoms with Gasteiger partial charge >= 0.3 is 0 Å². The third kappa shape index (κ3) is 4.26. The summed E-state index contributed by atoms with van der Waals surface area (Å²) in [6.07, 6.45) is 2.45. The first kappa shape index (κ1) is 21.1. The number of piperidine rings is 1. The van der Waals surface area contributed by atoms with Crippen molar-refractivity contribution in [3.63, 3.8) is 0 Å². The number of methoxy groups -OCH3 is 1. The molecule has 3 aromatic rings. The van der Waals surface area contributed by atoms with Gasteiger partial charge in [-0.3, -0.25) is 4.79 Å². The van der Waals surface area contributed by atoms with Crippen molar-refractivity contribution in [3.05, 3.63) is 48.0 Å². The van der Waals surface area contributed by atoms with Gasteiger partial charge in [0.25, 0.3) is 5.91 Å². The highest BCUT2D eigenvalue weighted by molar-refractivity contribution is 7.22. The number of fused-ring (bicyclic) bond motifs is 1. The highest BCUT2D eigenvalue weighted by Crippen LogP contribution is 2.32. The summed E-state index contributed by atoms with van der Waals surface area (Å²) in [6.45, 7) is 7.54. The van der Waals surface area contributed by atoms with Crippen molar-refractivity contribution in [2.24, 2.45) is 5.92 Å². The van der Waals surface area contributed by atoms with Crippen molar-refractivity contribution in [2.45, 2.75) is 19.8 Å². The molecule has 168 valence electrons. The van der Waals surface area contributed by atoms with E-state index < -0.39 is 0 Å². The normalized spacial score (nSPS) is 17.8. The molecular weight excluding hydrogens is 420 g/mol. The van der Waals surface area contributed by atoms with Crippen LogP contribution in [0.4, 0.5) is 10.8 Å². The van der Waals surface area contributed by atoms with E-state index >= 15 is 0 Å². The summed E-state index contributed by atoms with van der Waals surface area (Å²) >= 11 is 1.71. The molecular formula is C25H30N4O2S. The second-order valence-electron chi connectivity index (χ2n) is 8.83. The second-order valence-corrected chi connectivity index (χ2v) is 9.84. The third-order valence-corrected chi connectivity index (χ3v) is 7.74. The van der Waals surface area contributed by atoms with Crippen LogP contribution in [0.2, 0.25) is 0 Å². The van der Waals surface area contributed by atoms with Gasteiger partial charge in [0, 0.05) is 56.6 Å². The number of hydrogen-bond acceptors (Lipinski definition) is 6. The highest BCUT2D eigenvalue weighted by atomic mass is 32.1. The van der Waals surface area contributed by atoms with Crippen LogP contribution in [0, 0.1) is 5.92 Å². The maximum Gasteiger partial charge on any atom is 0.254 e. The number of ether oxygens (including phenoxy) is 1. The Kier molecular flexibility index (Phi) is 5.91. The molecule has 0 aliphatic carbocycles. The minimum Gasteiger partial charge on any atom is -0.497 e. The number of aromatic nitrogens is 1. The molecule has 2 fully saturated rings. The summed E-state index contributed by atoms with van der Waals surface area (Å²) in [7, 11) is 1.69. The highest BCUT2D eigenvalue weighted by Gasteiger charge is 2.24. The Balaban J connectivity index is 1.25. The average molecular weight is 451 g/mol. The molecule has 0 unspecified atom stereocenters. The van der Waals surface area contributed by atoms with E-state index in [0.29, 0.717) is 13.1 Å². The summed E-state index contributed by atoms with van der Waals surface area (Å²) in [6, 6.07) is 14.1. The predicted octanol–water partition coefficient (Wildman–Crippen LogP) is 4.50. The van der Waals surface area contributed by atoms with Crippen molar-refractivity contribution < 1.29 is 9.53 Å². The lowest BCUT2D eigenvalue weighted by Gasteiger charge is -2.36. The number of amides is 1. The van der Waals surface area contributed by atoms with E-state index in [1.807, 2.05) is 35.2 Å². The van der Waals surface area contributed by atoms with Crippen molar-refractivity contribution in [3.8, 4) is 5.75 Å². The predicted molar refractivity (Wildman–Crippen MR) is 131 cm³/mol. The summed E-state index contributed by atoms with van der Waals surface area (Å²) in [5, 5.41) is 1.09. The molecule has 2 aliphatic heterocycles. The number of carbonyl (C=O) groups is 1. The minimum atomic E-state index is 0.110.